The minimum absolute atomic E-state index is 0.127. The van der Waals surface area contributed by atoms with Crippen molar-refractivity contribution in [3.63, 3.8) is 0 Å². The number of hydrogen-bond donors (Lipinski definition) is 3. The van der Waals surface area contributed by atoms with Crippen molar-refractivity contribution in [3.8, 4) is 0 Å². The van der Waals surface area contributed by atoms with Crippen LogP contribution >= 0.6 is 23.8 Å². The highest BCUT2D eigenvalue weighted by atomic mass is 35.5. The molecule has 0 unspecified atom stereocenters. The van der Waals surface area contributed by atoms with E-state index in [1.54, 1.807) is 12.1 Å². The van der Waals surface area contributed by atoms with Crippen molar-refractivity contribution in [2.45, 2.75) is 62.8 Å². The van der Waals surface area contributed by atoms with Crippen LogP contribution < -0.4 is 10.6 Å². The monoisotopic (exact) mass is 437 g/mol. The molecule has 2 saturated carbocycles. The van der Waals surface area contributed by atoms with Gasteiger partial charge in [-0.3, -0.25) is 4.79 Å². The van der Waals surface area contributed by atoms with Gasteiger partial charge in [0.25, 0.3) is 0 Å². The number of fused-ring (bicyclic) bond motifs is 1. The van der Waals surface area contributed by atoms with Gasteiger partial charge in [0.1, 0.15) is 6.10 Å². The molecule has 1 aliphatic heterocycles. The van der Waals surface area contributed by atoms with E-state index >= 15 is 0 Å². The van der Waals surface area contributed by atoms with Crippen LogP contribution in [0, 0.1) is 11.8 Å². The molecule has 1 saturated heterocycles. The molecular formula is C21H28ClN3O3S. The zero-order valence-electron chi connectivity index (χ0n) is 16.3. The van der Waals surface area contributed by atoms with Gasteiger partial charge in [-0.2, -0.15) is 0 Å². The third-order valence-electron chi connectivity index (χ3n) is 6.76. The molecule has 1 heterocycles. The maximum absolute atomic E-state index is 12.3. The zero-order valence-corrected chi connectivity index (χ0v) is 17.9. The average Bonchev–Trinajstić information content (AvgIpc) is 2.98. The lowest BCUT2D eigenvalue weighted by atomic mass is 9.76. The van der Waals surface area contributed by atoms with Crippen LogP contribution in [0.3, 0.4) is 0 Å². The number of halogens is 1. The zero-order chi connectivity index (χ0) is 20.7. The molecular weight excluding hydrogens is 410 g/mol. The fourth-order valence-corrected chi connectivity index (χ4v) is 5.87. The Balaban J connectivity index is 1.73. The topological polar surface area (TPSA) is 90.0 Å². The molecule has 1 aromatic carbocycles. The summed E-state index contributed by atoms with van der Waals surface area (Å²) in [6.45, 7) is 0.722. The number of hydrogen-bond acceptors (Lipinski definition) is 4. The van der Waals surface area contributed by atoms with Crippen molar-refractivity contribution in [3.05, 3.63) is 29.3 Å². The first kappa shape index (κ1) is 20.8. The molecule has 1 amide bonds. The van der Waals surface area contributed by atoms with Crippen molar-refractivity contribution in [1.29, 1.82) is 0 Å². The maximum atomic E-state index is 12.3. The molecule has 5 atom stereocenters. The molecule has 0 aromatic heterocycles. The highest BCUT2D eigenvalue weighted by Crippen LogP contribution is 2.42. The van der Waals surface area contributed by atoms with Crippen LogP contribution in [-0.4, -0.2) is 57.0 Å². The van der Waals surface area contributed by atoms with Gasteiger partial charge in [-0.05, 0) is 61.7 Å². The first-order valence-electron chi connectivity index (χ1n) is 10.4. The van der Waals surface area contributed by atoms with E-state index in [4.69, 9.17) is 29.6 Å². The Hall–Kier alpha value is -1.41. The first-order chi connectivity index (χ1) is 13.9. The number of nitrogens with zero attached hydrogens (tertiary/aromatic N) is 2. The SMILES string of the molecule is NC(=O)[C@@H]1C[C@@H](O)[C@H](O)[C@H]2[C@@H]1N(c1ccc(Cl)cc1)C(=S)N2CC1CCCCC1. The predicted molar refractivity (Wildman–Crippen MR) is 117 cm³/mol. The van der Waals surface area contributed by atoms with Crippen molar-refractivity contribution >= 4 is 40.5 Å². The summed E-state index contributed by atoms with van der Waals surface area (Å²) in [6.07, 6.45) is 4.07. The Morgan fingerprint density at radius 2 is 1.79 bits per heavy atom. The third-order valence-corrected chi connectivity index (χ3v) is 7.44. The highest BCUT2D eigenvalue weighted by Gasteiger charge is 2.57. The molecule has 158 valence electrons. The fraction of sp³-hybridized carbons (Fsp3) is 0.619. The third kappa shape index (κ3) is 3.85. The summed E-state index contributed by atoms with van der Waals surface area (Å²) in [5.41, 5.74) is 6.54. The number of thiocarbonyl (C=S) groups is 1. The Kier molecular flexibility index (Phi) is 6.02. The smallest absolute Gasteiger partial charge is 0.222 e. The molecule has 3 aliphatic rings. The van der Waals surface area contributed by atoms with Gasteiger partial charge in [0, 0.05) is 17.3 Å². The first-order valence-corrected chi connectivity index (χ1v) is 11.2. The molecule has 3 fully saturated rings. The van der Waals surface area contributed by atoms with E-state index in [-0.39, 0.29) is 6.42 Å². The van der Waals surface area contributed by atoms with E-state index in [0.29, 0.717) is 16.1 Å². The molecule has 1 aromatic rings. The summed E-state index contributed by atoms with van der Waals surface area (Å²) in [7, 11) is 0. The Bertz CT molecular complexity index is 771. The van der Waals surface area contributed by atoms with Crippen molar-refractivity contribution < 1.29 is 15.0 Å². The van der Waals surface area contributed by atoms with Crippen molar-refractivity contribution in [1.82, 2.24) is 4.90 Å². The van der Waals surface area contributed by atoms with Gasteiger partial charge < -0.3 is 25.7 Å². The minimum Gasteiger partial charge on any atom is -0.390 e. The van der Waals surface area contributed by atoms with E-state index in [2.05, 4.69) is 0 Å². The Morgan fingerprint density at radius 1 is 1.14 bits per heavy atom. The van der Waals surface area contributed by atoms with E-state index in [0.717, 1.165) is 25.1 Å². The lowest BCUT2D eigenvalue weighted by molar-refractivity contribution is -0.129. The largest absolute Gasteiger partial charge is 0.390 e. The van der Waals surface area contributed by atoms with Crippen LogP contribution in [0.15, 0.2) is 24.3 Å². The minimum atomic E-state index is -1.00. The molecule has 4 rings (SSSR count). The summed E-state index contributed by atoms with van der Waals surface area (Å²) < 4.78 is 0. The molecule has 2 aliphatic carbocycles. The number of rotatable bonds is 4. The lowest BCUT2D eigenvalue weighted by Crippen LogP contribution is -2.61. The highest BCUT2D eigenvalue weighted by molar-refractivity contribution is 7.80. The van der Waals surface area contributed by atoms with E-state index in [1.807, 2.05) is 21.9 Å². The average molecular weight is 438 g/mol. The van der Waals surface area contributed by atoms with Gasteiger partial charge in [-0.25, -0.2) is 0 Å². The number of aliphatic hydroxyl groups excluding tert-OH is 2. The van der Waals surface area contributed by atoms with E-state index < -0.39 is 36.1 Å². The van der Waals surface area contributed by atoms with Crippen molar-refractivity contribution in [2.75, 3.05) is 11.4 Å². The van der Waals surface area contributed by atoms with Gasteiger partial charge in [0.05, 0.1) is 24.1 Å². The summed E-state index contributed by atoms with van der Waals surface area (Å²) in [6, 6.07) is 6.41. The normalized spacial score (nSPS) is 33.1. The van der Waals surface area contributed by atoms with Gasteiger partial charge in [0.2, 0.25) is 5.91 Å². The maximum Gasteiger partial charge on any atom is 0.222 e. The second-order valence-electron chi connectivity index (χ2n) is 8.57. The molecule has 0 spiro atoms. The van der Waals surface area contributed by atoms with Gasteiger partial charge >= 0.3 is 0 Å². The molecule has 29 heavy (non-hydrogen) atoms. The Morgan fingerprint density at radius 3 is 2.41 bits per heavy atom. The molecule has 0 radical (unpaired) electrons. The number of carbonyl (C=O) groups excluding carboxylic acids is 1. The summed E-state index contributed by atoms with van der Waals surface area (Å²) in [5, 5.41) is 22.6. The number of benzene rings is 1. The second-order valence-corrected chi connectivity index (χ2v) is 9.37. The van der Waals surface area contributed by atoms with E-state index in [9.17, 15) is 15.0 Å². The van der Waals surface area contributed by atoms with Crippen LogP contribution in [0.2, 0.25) is 5.02 Å². The number of nitrogens with two attached hydrogens (primary N) is 1. The summed E-state index contributed by atoms with van der Waals surface area (Å²) >= 11 is 11.9. The van der Waals surface area contributed by atoms with Crippen LogP contribution in [0.5, 0.6) is 0 Å². The predicted octanol–water partition coefficient (Wildman–Crippen LogP) is 2.29. The van der Waals surface area contributed by atoms with Crippen molar-refractivity contribution in [2.24, 2.45) is 17.6 Å². The standard InChI is InChI=1S/C21H28ClN3O3S/c22-13-6-8-14(9-7-13)25-17-15(20(23)28)10-16(26)19(27)18(17)24(21(25)29)11-12-4-2-1-3-5-12/h6-9,12,15-19,26-27H,1-5,10-11H2,(H2,23,28)/t15-,16-,17-,18-,19+/m1/s1. The number of primary amides is 1. The molecule has 4 N–H and O–H groups in total. The van der Waals surface area contributed by atoms with Crippen LogP contribution in [-0.2, 0) is 4.79 Å². The molecule has 0 bridgehead atoms. The number of amides is 1. The van der Waals surface area contributed by atoms with Crippen LogP contribution in [0.1, 0.15) is 38.5 Å². The van der Waals surface area contributed by atoms with Gasteiger partial charge in [0.15, 0.2) is 5.11 Å². The number of carbonyl (C=O) groups is 1. The second kappa shape index (κ2) is 8.38. The number of anilines is 1. The van der Waals surface area contributed by atoms with E-state index in [1.165, 1.54) is 19.3 Å². The van der Waals surface area contributed by atoms with Crippen LogP contribution in [0.25, 0.3) is 0 Å². The van der Waals surface area contributed by atoms with Gasteiger partial charge in [-0.15, -0.1) is 0 Å². The summed E-state index contributed by atoms with van der Waals surface area (Å²) in [5.74, 6) is -0.596. The quantitative estimate of drug-likeness (QED) is 0.626. The lowest BCUT2D eigenvalue weighted by Gasteiger charge is -2.43. The fourth-order valence-electron chi connectivity index (χ4n) is 5.32. The summed E-state index contributed by atoms with van der Waals surface area (Å²) in [4.78, 5) is 16.3. The van der Waals surface area contributed by atoms with Gasteiger partial charge in [-0.1, -0.05) is 30.9 Å². The van der Waals surface area contributed by atoms with Crippen LogP contribution in [0.4, 0.5) is 5.69 Å². The molecule has 6 nitrogen and oxygen atoms in total. The number of aliphatic hydroxyl groups is 2. The Labute approximate surface area is 181 Å². The molecule has 8 heteroatoms.